The molecule has 8 heteroatoms. The van der Waals surface area contributed by atoms with Crippen molar-refractivity contribution >= 4 is 52.4 Å². The Hall–Kier alpha value is -1.30. The molecule has 0 amide bonds. The molecule has 5 nitrogen and oxygen atoms in total. The molecule has 0 unspecified atom stereocenters. The molecule has 0 aliphatic heterocycles. The second-order valence-electron chi connectivity index (χ2n) is 3.25. The molecule has 2 N–H and O–H groups in total. The summed E-state index contributed by atoms with van der Waals surface area (Å²) in [5.74, 6) is 0.638. The van der Waals surface area contributed by atoms with E-state index in [0.29, 0.717) is 21.7 Å². The van der Waals surface area contributed by atoms with Crippen LogP contribution in [0.25, 0.3) is 0 Å². The van der Waals surface area contributed by atoms with Gasteiger partial charge in [-0.2, -0.15) is 15.0 Å². The molecule has 2 aromatic rings. The predicted molar refractivity (Wildman–Crippen MR) is 74.1 cm³/mol. The molecule has 0 spiro atoms. The van der Waals surface area contributed by atoms with Crippen molar-refractivity contribution in [2.45, 2.75) is 0 Å². The van der Waals surface area contributed by atoms with Crippen molar-refractivity contribution in [1.82, 2.24) is 15.0 Å². The van der Waals surface area contributed by atoms with Gasteiger partial charge in [0, 0.05) is 12.1 Å². The summed E-state index contributed by atoms with van der Waals surface area (Å²) in [5, 5.41) is 6.83. The van der Waals surface area contributed by atoms with Crippen LogP contribution in [0, 0.1) is 0 Å². The number of nitrogens with zero attached hydrogens (tertiary/aromatic N) is 3. The van der Waals surface area contributed by atoms with Crippen molar-refractivity contribution in [1.29, 1.82) is 0 Å². The maximum absolute atomic E-state index is 6.02. The van der Waals surface area contributed by atoms with Crippen molar-refractivity contribution in [3.8, 4) is 0 Å². The molecule has 0 aliphatic carbocycles. The lowest BCUT2D eigenvalue weighted by Gasteiger charge is -2.08. The van der Waals surface area contributed by atoms with Gasteiger partial charge in [0.1, 0.15) is 0 Å². The molecular formula is C10H8Cl3N5. The number of rotatable bonds is 3. The standard InChI is InChI=1S/C10H8Cl3N5/c1-14-9-16-8(13)17-10(18-9)15-7-4-5(11)2-3-6(7)12/h2-4H,1H3,(H2,14,15,16,17,18). The quantitative estimate of drug-likeness (QED) is 0.907. The molecule has 0 atom stereocenters. The van der Waals surface area contributed by atoms with E-state index in [2.05, 4.69) is 25.6 Å². The molecule has 0 radical (unpaired) electrons. The Morgan fingerprint density at radius 3 is 2.44 bits per heavy atom. The van der Waals surface area contributed by atoms with Gasteiger partial charge < -0.3 is 10.6 Å². The van der Waals surface area contributed by atoms with E-state index < -0.39 is 0 Å². The summed E-state index contributed by atoms with van der Waals surface area (Å²) in [7, 11) is 1.68. The van der Waals surface area contributed by atoms with Gasteiger partial charge in [-0.15, -0.1) is 0 Å². The first-order chi connectivity index (χ1) is 8.58. The third-order valence-electron chi connectivity index (χ3n) is 2.01. The van der Waals surface area contributed by atoms with Crippen molar-refractivity contribution < 1.29 is 0 Å². The van der Waals surface area contributed by atoms with Gasteiger partial charge in [0.2, 0.25) is 17.2 Å². The first-order valence-corrected chi connectivity index (χ1v) is 6.03. The number of hydrogen-bond donors (Lipinski definition) is 2. The van der Waals surface area contributed by atoms with Crippen LogP contribution in [-0.4, -0.2) is 22.0 Å². The fraction of sp³-hybridized carbons (Fsp3) is 0.100. The summed E-state index contributed by atoms with van der Waals surface area (Å²) in [4.78, 5) is 11.9. The van der Waals surface area contributed by atoms with Crippen LogP contribution in [0.3, 0.4) is 0 Å². The van der Waals surface area contributed by atoms with Crippen LogP contribution in [0.15, 0.2) is 18.2 Å². The van der Waals surface area contributed by atoms with Crippen molar-refractivity contribution in [2.24, 2.45) is 0 Å². The van der Waals surface area contributed by atoms with E-state index >= 15 is 0 Å². The first kappa shape index (κ1) is 13.1. The molecule has 2 rings (SSSR count). The molecule has 0 saturated carbocycles. The van der Waals surface area contributed by atoms with Crippen molar-refractivity contribution in [2.75, 3.05) is 17.7 Å². The van der Waals surface area contributed by atoms with Gasteiger partial charge >= 0.3 is 0 Å². The predicted octanol–water partition coefficient (Wildman–Crippen LogP) is 3.62. The smallest absolute Gasteiger partial charge is 0.233 e. The summed E-state index contributed by atoms with van der Waals surface area (Å²) in [6, 6.07) is 5.03. The number of halogens is 3. The summed E-state index contributed by atoms with van der Waals surface area (Å²) in [6.45, 7) is 0. The summed E-state index contributed by atoms with van der Waals surface area (Å²) in [5.41, 5.74) is 0.591. The topological polar surface area (TPSA) is 62.7 Å². The molecule has 0 bridgehead atoms. The second kappa shape index (κ2) is 5.56. The van der Waals surface area contributed by atoms with Gasteiger partial charge in [-0.25, -0.2) is 0 Å². The van der Waals surface area contributed by atoms with Crippen molar-refractivity contribution in [3.05, 3.63) is 33.5 Å². The zero-order chi connectivity index (χ0) is 13.1. The van der Waals surface area contributed by atoms with E-state index in [1.807, 2.05) is 0 Å². The van der Waals surface area contributed by atoms with Gasteiger partial charge in [-0.05, 0) is 29.8 Å². The Bertz CT molecular complexity index is 575. The number of nitrogens with one attached hydrogen (secondary N) is 2. The van der Waals surface area contributed by atoms with Gasteiger partial charge in [-0.3, -0.25) is 0 Å². The number of hydrogen-bond acceptors (Lipinski definition) is 5. The van der Waals surface area contributed by atoms with Crippen LogP contribution in [0.4, 0.5) is 17.6 Å². The molecular weight excluding hydrogens is 297 g/mol. The Labute approximate surface area is 119 Å². The Morgan fingerprint density at radius 2 is 1.72 bits per heavy atom. The highest BCUT2D eigenvalue weighted by Crippen LogP contribution is 2.27. The van der Waals surface area contributed by atoms with Crippen LogP contribution in [-0.2, 0) is 0 Å². The van der Waals surface area contributed by atoms with Crippen molar-refractivity contribution in [3.63, 3.8) is 0 Å². The van der Waals surface area contributed by atoms with E-state index in [1.54, 1.807) is 25.2 Å². The maximum atomic E-state index is 6.02. The molecule has 0 aliphatic rings. The fourth-order valence-electron chi connectivity index (χ4n) is 1.23. The monoisotopic (exact) mass is 303 g/mol. The van der Waals surface area contributed by atoms with Crippen LogP contribution in [0.2, 0.25) is 15.3 Å². The molecule has 94 valence electrons. The zero-order valence-electron chi connectivity index (χ0n) is 9.21. The second-order valence-corrected chi connectivity index (χ2v) is 4.43. The van der Waals surface area contributed by atoms with Gasteiger partial charge in [0.05, 0.1) is 10.7 Å². The van der Waals surface area contributed by atoms with Crippen LogP contribution >= 0.6 is 34.8 Å². The molecule has 0 saturated heterocycles. The molecule has 1 aromatic heterocycles. The van der Waals surface area contributed by atoms with Gasteiger partial charge in [0.15, 0.2) is 0 Å². The van der Waals surface area contributed by atoms with E-state index in [1.165, 1.54) is 0 Å². The Morgan fingerprint density at radius 1 is 1.00 bits per heavy atom. The average molecular weight is 305 g/mol. The average Bonchev–Trinajstić information content (AvgIpc) is 2.33. The van der Waals surface area contributed by atoms with Crippen LogP contribution in [0.5, 0.6) is 0 Å². The summed E-state index contributed by atoms with van der Waals surface area (Å²) < 4.78 is 0. The van der Waals surface area contributed by atoms with Gasteiger partial charge in [-0.1, -0.05) is 23.2 Å². The highest BCUT2D eigenvalue weighted by Gasteiger charge is 2.07. The number of aromatic nitrogens is 3. The SMILES string of the molecule is CNc1nc(Cl)nc(Nc2cc(Cl)ccc2Cl)n1. The minimum Gasteiger partial charge on any atom is -0.357 e. The van der Waals surface area contributed by atoms with E-state index in [0.717, 1.165) is 0 Å². The lowest BCUT2D eigenvalue weighted by atomic mass is 10.3. The maximum Gasteiger partial charge on any atom is 0.233 e. The zero-order valence-corrected chi connectivity index (χ0v) is 11.5. The number of benzene rings is 1. The molecule has 18 heavy (non-hydrogen) atoms. The highest BCUT2D eigenvalue weighted by atomic mass is 35.5. The Balaban J connectivity index is 2.33. The third kappa shape index (κ3) is 3.13. The van der Waals surface area contributed by atoms with Crippen LogP contribution < -0.4 is 10.6 Å². The van der Waals surface area contributed by atoms with E-state index in [-0.39, 0.29) is 11.2 Å². The normalized spacial score (nSPS) is 10.2. The lowest BCUT2D eigenvalue weighted by Crippen LogP contribution is -2.03. The molecule has 0 fully saturated rings. The molecule has 1 heterocycles. The minimum atomic E-state index is 0.0787. The third-order valence-corrected chi connectivity index (χ3v) is 2.74. The first-order valence-electron chi connectivity index (χ1n) is 4.90. The lowest BCUT2D eigenvalue weighted by molar-refractivity contribution is 1.05. The fourth-order valence-corrected chi connectivity index (χ4v) is 1.73. The van der Waals surface area contributed by atoms with Crippen LogP contribution in [0.1, 0.15) is 0 Å². The minimum absolute atomic E-state index is 0.0787. The molecule has 1 aromatic carbocycles. The Kier molecular flexibility index (Phi) is 4.06. The summed E-state index contributed by atoms with van der Waals surface area (Å²) >= 11 is 17.7. The largest absolute Gasteiger partial charge is 0.357 e. The summed E-state index contributed by atoms with van der Waals surface area (Å²) in [6.07, 6.45) is 0. The van der Waals surface area contributed by atoms with Gasteiger partial charge in [0.25, 0.3) is 0 Å². The van der Waals surface area contributed by atoms with E-state index in [4.69, 9.17) is 34.8 Å². The number of anilines is 3. The van der Waals surface area contributed by atoms with E-state index in [9.17, 15) is 0 Å². The highest BCUT2D eigenvalue weighted by molar-refractivity contribution is 6.35.